The molecule has 2 saturated carbocycles. The molecule has 1 aliphatic heterocycles. The molecule has 158 valence electrons. The van der Waals surface area contributed by atoms with Gasteiger partial charge in [-0.2, -0.15) is 0 Å². The first kappa shape index (κ1) is 22.1. The Hall–Kier alpha value is -0.140. The summed E-state index contributed by atoms with van der Waals surface area (Å²) in [5, 5.41) is 0. The molecule has 4 rings (SSSR count). The van der Waals surface area contributed by atoms with Crippen LogP contribution in [0.3, 0.4) is 0 Å². The van der Waals surface area contributed by atoms with Gasteiger partial charge in [-0.15, -0.1) is 0 Å². The van der Waals surface area contributed by atoms with Crippen molar-refractivity contribution in [2.75, 3.05) is 14.2 Å². The summed E-state index contributed by atoms with van der Waals surface area (Å²) >= 11 is -2.01. The second-order valence-electron chi connectivity index (χ2n) is 9.60. The SMILES string of the molecule is COc1c[c]2c(c(C)c1OC)C(C)=[C](C)[In]2[CH]1CCC(PC2CCCCC2)CC1. The van der Waals surface area contributed by atoms with Crippen molar-refractivity contribution in [2.24, 2.45) is 0 Å². The Kier molecular flexibility index (Phi) is 7.27. The van der Waals surface area contributed by atoms with Crippen LogP contribution in [0.5, 0.6) is 11.5 Å². The molecule has 0 N–H and O–H groups in total. The van der Waals surface area contributed by atoms with Gasteiger partial charge in [0.25, 0.3) is 0 Å². The van der Waals surface area contributed by atoms with Crippen molar-refractivity contribution >= 4 is 38.9 Å². The molecule has 0 spiro atoms. The normalized spacial score (nSPS) is 25.8. The van der Waals surface area contributed by atoms with Crippen molar-refractivity contribution in [1.29, 1.82) is 0 Å². The van der Waals surface area contributed by atoms with Crippen molar-refractivity contribution in [3.05, 3.63) is 20.5 Å². The van der Waals surface area contributed by atoms with Crippen LogP contribution in [0.25, 0.3) is 5.57 Å². The fourth-order valence-corrected chi connectivity index (χ4v) is 21.1. The van der Waals surface area contributed by atoms with Gasteiger partial charge in [-0.25, -0.2) is 0 Å². The molecular weight excluding hydrogens is 478 g/mol. The van der Waals surface area contributed by atoms with Crippen LogP contribution in [0.1, 0.15) is 82.8 Å². The number of allylic oxidation sites excluding steroid dienone is 2. The Bertz CT molecular complexity index is 774. The summed E-state index contributed by atoms with van der Waals surface area (Å²) in [4.78, 5) is 0. The Labute approximate surface area is 187 Å². The van der Waals surface area contributed by atoms with Crippen LogP contribution in [0.2, 0.25) is 3.67 Å². The van der Waals surface area contributed by atoms with E-state index in [9.17, 15) is 0 Å². The molecule has 0 saturated heterocycles. The maximum atomic E-state index is 5.74. The summed E-state index contributed by atoms with van der Waals surface area (Å²) < 4.78 is 16.0. The van der Waals surface area contributed by atoms with Gasteiger partial charge in [0.05, 0.1) is 0 Å². The molecule has 1 atom stereocenters. The van der Waals surface area contributed by atoms with E-state index < -0.39 is 21.4 Å². The third-order valence-electron chi connectivity index (χ3n) is 8.03. The van der Waals surface area contributed by atoms with E-state index in [0.717, 1.165) is 26.5 Å². The summed E-state index contributed by atoms with van der Waals surface area (Å²) in [6, 6.07) is 2.37. The molecule has 1 unspecified atom stereocenters. The van der Waals surface area contributed by atoms with E-state index >= 15 is 0 Å². The molecule has 0 aromatic heterocycles. The molecule has 1 aromatic rings. The summed E-state index contributed by atoms with van der Waals surface area (Å²) in [7, 11) is 4.81. The van der Waals surface area contributed by atoms with Crippen LogP contribution in [0, 0.1) is 6.92 Å². The van der Waals surface area contributed by atoms with Gasteiger partial charge in [-0.3, -0.25) is 0 Å². The zero-order valence-corrected chi connectivity index (χ0v) is 23.4. The van der Waals surface area contributed by atoms with E-state index in [1.54, 1.807) is 26.4 Å². The summed E-state index contributed by atoms with van der Waals surface area (Å²) in [6.45, 7) is 7.05. The summed E-state index contributed by atoms with van der Waals surface area (Å²) in [5.74, 6) is 1.88. The average molecular weight is 516 g/mol. The van der Waals surface area contributed by atoms with E-state index in [-0.39, 0.29) is 0 Å². The minimum atomic E-state index is -2.01. The van der Waals surface area contributed by atoms with Crippen LogP contribution in [-0.2, 0) is 0 Å². The van der Waals surface area contributed by atoms with Gasteiger partial charge in [0.1, 0.15) is 0 Å². The third kappa shape index (κ3) is 4.30. The Morgan fingerprint density at radius 3 is 2.14 bits per heavy atom. The van der Waals surface area contributed by atoms with Gasteiger partial charge in [0.2, 0.25) is 0 Å². The van der Waals surface area contributed by atoms with Crippen LogP contribution in [-0.4, -0.2) is 47.0 Å². The molecular formula is C25H38InO2P. The van der Waals surface area contributed by atoms with Crippen molar-refractivity contribution in [3.63, 3.8) is 0 Å². The fraction of sp³-hybridized carbons (Fsp3) is 0.680. The van der Waals surface area contributed by atoms with E-state index in [1.807, 2.05) is 0 Å². The number of methoxy groups -OCH3 is 2. The van der Waals surface area contributed by atoms with Crippen LogP contribution < -0.4 is 12.8 Å². The Balaban J connectivity index is 1.51. The molecule has 2 nitrogen and oxygen atoms in total. The third-order valence-corrected chi connectivity index (χ3v) is 21.8. The van der Waals surface area contributed by atoms with Gasteiger partial charge in [0, 0.05) is 0 Å². The second kappa shape index (κ2) is 9.56. The molecule has 0 bridgehead atoms. The van der Waals surface area contributed by atoms with Crippen LogP contribution in [0.15, 0.2) is 9.40 Å². The number of ether oxygens (including phenoxy) is 2. The van der Waals surface area contributed by atoms with E-state index in [1.165, 1.54) is 77.5 Å². The summed E-state index contributed by atoms with van der Waals surface area (Å²) in [5.41, 5.74) is 6.49. The molecule has 0 radical (unpaired) electrons. The van der Waals surface area contributed by atoms with Crippen molar-refractivity contribution in [2.45, 2.75) is 93.6 Å². The predicted molar refractivity (Wildman–Crippen MR) is 129 cm³/mol. The van der Waals surface area contributed by atoms with Gasteiger partial charge in [-0.1, -0.05) is 0 Å². The van der Waals surface area contributed by atoms with Gasteiger partial charge in [-0.05, 0) is 0 Å². The molecule has 0 amide bonds. The first-order chi connectivity index (χ1) is 14.0. The standard InChI is InChI=1S/C13H16O2.C12H22P.In/c1-6-9(2)11-7-8-12(14-4)13(15-5)10(11)3;1-3-7-11(8-4-1)13-12-9-5-2-6-10-12;/h8H,1-5H3;1,11-13H,2-10H2;. The summed E-state index contributed by atoms with van der Waals surface area (Å²) in [6.07, 6.45) is 13.5. The first-order valence-electron chi connectivity index (χ1n) is 11.7. The van der Waals surface area contributed by atoms with Crippen LogP contribution >= 0.6 is 8.58 Å². The molecule has 2 aliphatic carbocycles. The fourth-order valence-electron chi connectivity index (χ4n) is 6.44. The number of fused-ring (bicyclic) bond motifs is 1. The predicted octanol–water partition coefficient (Wildman–Crippen LogP) is 6.38. The first-order valence-corrected chi connectivity index (χ1v) is 18.1. The van der Waals surface area contributed by atoms with E-state index in [2.05, 4.69) is 26.8 Å². The average Bonchev–Trinajstić information content (AvgIpc) is 2.99. The molecule has 1 aromatic carbocycles. The quantitative estimate of drug-likeness (QED) is 0.423. The minimum absolute atomic E-state index is 0.933. The Morgan fingerprint density at radius 2 is 1.52 bits per heavy atom. The van der Waals surface area contributed by atoms with Gasteiger partial charge >= 0.3 is 188 Å². The maximum absolute atomic E-state index is 5.74. The van der Waals surface area contributed by atoms with Crippen LogP contribution in [0.4, 0.5) is 0 Å². The molecule has 1 heterocycles. The molecule has 3 aliphatic rings. The topological polar surface area (TPSA) is 18.5 Å². The second-order valence-corrected chi connectivity index (χ2v) is 21.2. The molecule has 29 heavy (non-hydrogen) atoms. The number of hydrogen-bond donors (Lipinski definition) is 0. The monoisotopic (exact) mass is 516 g/mol. The Morgan fingerprint density at radius 1 is 0.862 bits per heavy atom. The number of rotatable bonds is 5. The van der Waals surface area contributed by atoms with Crippen molar-refractivity contribution < 1.29 is 9.47 Å². The zero-order chi connectivity index (χ0) is 20.5. The molecule has 4 heteroatoms. The zero-order valence-electron chi connectivity index (χ0n) is 19.1. The van der Waals surface area contributed by atoms with E-state index in [0.29, 0.717) is 0 Å². The number of hydrogen-bond acceptors (Lipinski definition) is 2. The van der Waals surface area contributed by atoms with Crippen molar-refractivity contribution in [3.8, 4) is 11.5 Å². The van der Waals surface area contributed by atoms with Gasteiger partial charge < -0.3 is 0 Å². The van der Waals surface area contributed by atoms with Crippen molar-refractivity contribution in [1.82, 2.24) is 0 Å². The molecule has 2 fully saturated rings. The number of benzene rings is 1. The van der Waals surface area contributed by atoms with E-state index in [4.69, 9.17) is 9.47 Å². The van der Waals surface area contributed by atoms with Gasteiger partial charge in [0.15, 0.2) is 0 Å².